The van der Waals surface area contributed by atoms with Gasteiger partial charge in [-0.1, -0.05) is 12.1 Å². The second-order valence-corrected chi connectivity index (χ2v) is 6.43. The summed E-state index contributed by atoms with van der Waals surface area (Å²) in [6, 6.07) is 7.57. The highest BCUT2D eigenvalue weighted by Crippen LogP contribution is 2.33. The lowest BCUT2D eigenvalue weighted by atomic mass is 9.92. The van der Waals surface area contributed by atoms with Crippen molar-refractivity contribution in [3.05, 3.63) is 29.8 Å². The topological polar surface area (TPSA) is 70.1 Å². The number of ether oxygens (including phenoxy) is 1. The van der Waals surface area contributed by atoms with Crippen LogP contribution in [0.3, 0.4) is 0 Å². The molecule has 0 aliphatic carbocycles. The van der Waals surface area contributed by atoms with E-state index in [0.29, 0.717) is 19.5 Å². The Morgan fingerprint density at radius 2 is 2.17 bits per heavy atom. The first-order chi connectivity index (χ1) is 11.4. The van der Waals surface area contributed by atoms with Gasteiger partial charge in [-0.3, -0.25) is 9.59 Å². The second kappa shape index (κ2) is 7.66. The molecule has 2 amide bonds. The highest BCUT2D eigenvalue weighted by molar-refractivity contribution is 5.80. The zero-order valence-electron chi connectivity index (χ0n) is 14.6. The maximum Gasteiger partial charge on any atom is 0.225 e. The molecule has 0 bridgehead atoms. The standard InChI is InChI=1S/C18H26N2O4/c1-14(22)20-9-5-8-18(20,13-21)11-17(23)19(2)12-15-6-4-7-16(10-15)24-3/h4,6-7,10,21H,5,8-9,11-13H2,1-3H3. The molecule has 1 unspecified atom stereocenters. The van der Waals surface area contributed by atoms with Crippen molar-refractivity contribution in [2.75, 3.05) is 27.3 Å². The van der Waals surface area contributed by atoms with Crippen LogP contribution in [0, 0.1) is 0 Å². The predicted octanol–water partition coefficient (Wildman–Crippen LogP) is 1.42. The third kappa shape index (κ3) is 3.87. The van der Waals surface area contributed by atoms with E-state index >= 15 is 0 Å². The van der Waals surface area contributed by atoms with E-state index in [2.05, 4.69) is 0 Å². The Labute approximate surface area is 143 Å². The highest BCUT2D eigenvalue weighted by Gasteiger charge is 2.44. The van der Waals surface area contributed by atoms with E-state index < -0.39 is 5.54 Å². The van der Waals surface area contributed by atoms with Gasteiger partial charge in [-0.25, -0.2) is 0 Å². The Bertz CT molecular complexity index is 604. The van der Waals surface area contributed by atoms with Crippen LogP contribution < -0.4 is 4.74 Å². The van der Waals surface area contributed by atoms with Gasteiger partial charge in [0.15, 0.2) is 0 Å². The molecule has 1 heterocycles. The zero-order chi connectivity index (χ0) is 17.7. The third-order valence-electron chi connectivity index (χ3n) is 4.73. The third-order valence-corrected chi connectivity index (χ3v) is 4.73. The lowest BCUT2D eigenvalue weighted by molar-refractivity contribution is -0.140. The van der Waals surface area contributed by atoms with Crippen LogP contribution >= 0.6 is 0 Å². The molecule has 1 fully saturated rings. The highest BCUT2D eigenvalue weighted by atomic mass is 16.5. The maximum atomic E-state index is 12.6. The number of hydrogen-bond acceptors (Lipinski definition) is 4. The summed E-state index contributed by atoms with van der Waals surface area (Å²) in [5.74, 6) is 0.573. The van der Waals surface area contributed by atoms with E-state index in [9.17, 15) is 14.7 Å². The minimum absolute atomic E-state index is 0.0833. The Hall–Kier alpha value is -2.08. The molecule has 1 N–H and O–H groups in total. The van der Waals surface area contributed by atoms with Gasteiger partial charge in [0.1, 0.15) is 5.75 Å². The number of amides is 2. The minimum atomic E-state index is -0.758. The Balaban J connectivity index is 2.05. The number of carbonyl (C=O) groups excluding carboxylic acids is 2. The molecule has 1 aliphatic heterocycles. The first kappa shape index (κ1) is 18.3. The van der Waals surface area contributed by atoms with E-state index in [1.54, 1.807) is 24.0 Å². The molecule has 0 saturated carbocycles. The molecule has 2 rings (SSSR count). The number of hydrogen-bond donors (Lipinski definition) is 1. The summed E-state index contributed by atoms with van der Waals surface area (Å²) in [5, 5.41) is 9.84. The molecule has 1 aromatic rings. The molecule has 1 aromatic carbocycles. The van der Waals surface area contributed by atoms with Crippen molar-refractivity contribution in [3.8, 4) is 5.75 Å². The van der Waals surface area contributed by atoms with Gasteiger partial charge in [-0.05, 0) is 30.5 Å². The van der Waals surface area contributed by atoms with Crippen LogP contribution in [0.1, 0.15) is 31.7 Å². The maximum absolute atomic E-state index is 12.6. The van der Waals surface area contributed by atoms with Crippen molar-refractivity contribution in [3.63, 3.8) is 0 Å². The van der Waals surface area contributed by atoms with Crippen LogP contribution in [0.15, 0.2) is 24.3 Å². The summed E-state index contributed by atoms with van der Waals surface area (Å²) in [7, 11) is 3.34. The molecule has 6 heteroatoms. The van der Waals surface area contributed by atoms with Crippen molar-refractivity contribution in [2.24, 2.45) is 0 Å². The summed E-state index contributed by atoms with van der Waals surface area (Å²) in [5.41, 5.74) is 0.212. The molecule has 1 atom stereocenters. The Morgan fingerprint density at radius 3 is 2.79 bits per heavy atom. The number of aliphatic hydroxyl groups excluding tert-OH is 1. The van der Waals surface area contributed by atoms with E-state index in [1.165, 1.54) is 6.92 Å². The van der Waals surface area contributed by atoms with Gasteiger partial charge >= 0.3 is 0 Å². The first-order valence-corrected chi connectivity index (χ1v) is 8.18. The number of carbonyl (C=O) groups is 2. The van der Waals surface area contributed by atoms with E-state index in [4.69, 9.17) is 4.74 Å². The van der Waals surface area contributed by atoms with Gasteiger partial charge in [0, 0.05) is 27.1 Å². The van der Waals surface area contributed by atoms with Gasteiger partial charge in [0.25, 0.3) is 0 Å². The minimum Gasteiger partial charge on any atom is -0.497 e. The van der Waals surface area contributed by atoms with E-state index in [0.717, 1.165) is 17.7 Å². The number of nitrogens with zero attached hydrogens (tertiary/aromatic N) is 2. The van der Waals surface area contributed by atoms with Crippen LogP contribution in [-0.2, 0) is 16.1 Å². The van der Waals surface area contributed by atoms with Crippen molar-refractivity contribution in [1.29, 1.82) is 0 Å². The molecule has 6 nitrogen and oxygen atoms in total. The smallest absolute Gasteiger partial charge is 0.225 e. The quantitative estimate of drug-likeness (QED) is 0.854. The second-order valence-electron chi connectivity index (χ2n) is 6.43. The molecule has 132 valence electrons. The number of aliphatic hydroxyl groups is 1. The summed E-state index contributed by atoms with van der Waals surface area (Å²) in [6.45, 7) is 2.35. The Kier molecular flexibility index (Phi) is 5.83. The fraction of sp³-hybridized carbons (Fsp3) is 0.556. The van der Waals surface area contributed by atoms with Gasteiger partial charge in [0.2, 0.25) is 11.8 Å². The molecule has 0 radical (unpaired) electrons. The first-order valence-electron chi connectivity index (χ1n) is 8.18. The summed E-state index contributed by atoms with van der Waals surface area (Å²) < 4.78 is 5.20. The largest absolute Gasteiger partial charge is 0.497 e. The average Bonchev–Trinajstić information content (AvgIpc) is 2.99. The van der Waals surface area contributed by atoms with Gasteiger partial charge in [-0.2, -0.15) is 0 Å². The lowest BCUT2D eigenvalue weighted by Gasteiger charge is -2.37. The monoisotopic (exact) mass is 334 g/mol. The number of rotatable bonds is 6. The summed E-state index contributed by atoms with van der Waals surface area (Å²) in [4.78, 5) is 27.7. The zero-order valence-corrected chi connectivity index (χ0v) is 14.6. The predicted molar refractivity (Wildman–Crippen MR) is 90.5 cm³/mol. The molecule has 24 heavy (non-hydrogen) atoms. The van der Waals surface area contributed by atoms with Crippen molar-refractivity contribution >= 4 is 11.8 Å². The normalized spacial score (nSPS) is 20.1. The molecule has 1 saturated heterocycles. The van der Waals surface area contributed by atoms with E-state index in [-0.39, 0.29) is 24.8 Å². The average molecular weight is 334 g/mol. The van der Waals surface area contributed by atoms with E-state index in [1.807, 2.05) is 24.3 Å². The van der Waals surface area contributed by atoms with Crippen LogP contribution in [0.5, 0.6) is 5.75 Å². The molecule has 0 spiro atoms. The molecule has 0 aromatic heterocycles. The van der Waals surface area contributed by atoms with Crippen molar-refractivity contribution < 1.29 is 19.4 Å². The number of methoxy groups -OCH3 is 1. The molecular weight excluding hydrogens is 308 g/mol. The Morgan fingerprint density at radius 1 is 1.42 bits per heavy atom. The number of likely N-dealkylation sites (tertiary alicyclic amines) is 1. The van der Waals surface area contributed by atoms with Crippen LogP contribution in [0.25, 0.3) is 0 Å². The molecule has 1 aliphatic rings. The van der Waals surface area contributed by atoms with Crippen LogP contribution in [-0.4, -0.2) is 59.6 Å². The fourth-order valence-electron chi connectivity index (χ4n) is 3.38. The van der Waals surface area contributed by atoms with Crippen molar-refractivity contribution in [1.82, 2.24) is 9.80 Å². The van der Waals surface area contributed by atoms with Crippen LogP contribution in [0.4, 0.5) is 0 Å². The van der Waals surface area contributed by atoms with Gasteiger partial charge < -0.3 is 19.6 Å². The van der Waals surface area contributed by atoms with Crippen molar-refractivity contribution in [2.45, 2.75) is 38.3 Å². The number of benzene rings is 1. The van der Waals surface area contributed by atoms with Crippen LogP contribution in [0.2, 0.25) is 0 Å². The van der Waals surface area contributed by atoms with Gasteiger partial charge in [0.05, 0.1) is 25.7 Å². The fourth-order valence-corrected chi connectivity index (χ4v) is 3.38. The lowest BCUT2D eigenvalue weighted by Crippen LogP contribution is -2.52. The summed E-state index contributed by atoms with van der Waals surface area (Å²) in [6.07, 6.45) is 1.61. The SMILES string of the molecule is COc1cccc(CN(C)C(=O)CC2(CO)CCCN2C(C)=O)c1. The van der Waals surface area contributed by atoms with Gasteiger partial charge in [-0.15, -0.1) is 0 Å². The molecular formula is C18H26N2O4. The summed E-state index contributed by atoms with van der Waals surface area (Å²) >= 11 is 0.